The summed E-state index contributed by atoms with van der Waals surface area (Å²) < 4.78 is 1.96. The predicted octanol–water partition coefficient (Wildman–Crippen LogP) is 3.45. The van der Waals surface area contributed by atoms with Crippen LogP contribution in [0.2, 0.25) is 0 Å². The highest BCUT2D eigenvalue weighted by atomic mass is 16.1. The summed E-state index contributed by atoms with van der Waals surface area (Å²) in [5.41, 5.74) is 0.744. The molecule has 1 unspecified atom stereocenters. The lowest BCUT2D eigenvalue weighted by atomic mass is 10.0. The third-order valence-electron chi connectivity index (χ3n) is 3.07. The number of carbonyl (C=O) groups excluding carboxylic acids is 1. The molecule has 0 N–H and O–H groups in total. The van der Waals surface area contributed by atoms with Crippen molar-refractivity contribution in [2.24, 2.45) is 0 Å². The molecule has 94 valence electrons. The van der Waals surface area contributed by atoms with Crippen LogP contribution in [0.15, 0.2) is 42.7 Å². The number of ketones is 1. The summed E-state index contributed by atoms with van der Waals surface area (Å²) in [6.07, 6.45) is 3.63. The van der Waals surface area contributed by atoms with Gasteiger partial charge in [-0.2, -0.15) is 0 Å². The van der Waals surface area contributed by atoms with Crippen LogP contribution < -0.4 is 0 Å². The van der Waals surface area contributed by atoms with E-state index in [-0.39, 0.29) is 11.8 Å². The zero-order valence-electron chi connectivity index (χ0n) is 11.0. The van der Waals surface area contributed by atoms with Crippen molar-refractivity contribution >= 4 is 5.78 Å². The van der Waals surface area contributed by atoms with Crippen LogP contribution in [0.25, 0.3) is 0 Å². The maximum Gasteiger partial charge on any atom is 0.185 e. The molecular formula is C15H18N2O. The van der Waals surface area contributed by atoms with Crippen LogP contribution in [0.3, 0.4) is 0 Å². The van der Waals surface area contributed by atoms with Gasteiger partial charge in [0.2, 0.25) is 0 Å². The second-order valence-electron chi connectivity index (χ2n) is 4.75. The number of hydrogen-bond acceptors (Lipinski definition) is 2. The van der Waals surface area contributed by atoms with Crippen LogP contribution >= 0.6 is 0 Å². The molecule has 0 radical (unpaired) electrons. The van der Waals surface area contributed by atoms with Gasteiger partial charge in [0.1, 0.15) is 5.82 Å². The van der Waals surface area contributed by atoms with Crippen LogP contribution in [0.4, 0.5) is 0 Å². The quantitative estimate of drug-likeness (QED) is 0.770. The van der Waals surface area contributed by atoms with Gasteiger partial charge in [0.25, 0.3) is 0 Å². The van der Waals surface area contributed by atoms with Gasteiger partial charge in [-0.3, -0.25) is 4.79 Å². The maximum absolute atomic E-state index is 12.4. The highest BCUT2D eigenvalue weighted by molar-refractivity contribution is 5.98. The van der Waals surface area contributed by atoms with Crippen molar-refractivity contribution in [3.63, 3.8) is 0 Å². The molecule has 18 heavy (non-hydrogen) atoms. The Labute approximate surface area is 107 Å². The number of rotatable bonds is 4. The van der Waals surface area contributed by atoms with Crippen LogP contribution in [0.5, 0.6) is 0 Å². The molecule has 0 saturated heterocycles. The summed E-state index contributed by atoms with van der Waals surface area (Å²) in [5.74, 6) is 1.38. The number of hydrogen-bond donors (Lipinski definition) is 0. The molecule has 0 aliphatic heterocycles. The van der Waals surface area contributed by atoms with E-state index in [1.165, 1.54) is 0 Å². The minimum Gasteiger partial charge on any atom is -0.324 e. The van der Waals surface area contributed by atoms with E-state index >= 15 is 0 Å². The molecule has 0 saturated carbocycles. The standard InChI is InChI=1S/C15H18N2O/c1-11(2)15-16-9-10-17(15)12(3)14(18)13-7-5-4-6-8-13/h4-12H,1-3H3. The minimum atomic E-state index is -0.215. The Kier molecular flexibility index (Phi) is 3.60. The summed E-state index contributed by atoms with van der Waals surface area (Å²) in [4.78, 5) is 16.7. The fourth-order valence-electron chi connectivity index (χ4n) is 2.07. The summed E-state index contributed by atoms with van der Waals surface area (Å²) in [6, 6.07) is 9.18. The molecule has 1 atom stereocenters. The summed E-state index contributed by atoms with van der Waals surface area (Å²) in [6.45, 7) is 6.08. The number of nitrogens with zero attached hydrogens (tertiary/aromatic N) is 2. The molecule has 1 aromatic heterocycles. The largest absolute Gasteiger partial charge is 0.324 e. The zero-order chi connectivity index (χ0) is 13.1. The molecule has 2 aromatic rings. The van der Waals surface area contributed by atoms with Crippen molar-refractivity contribution in [2.45, 2.75) is 32.7 Å². The van der Waals surface area contributed by atoms with Gasteiger partial charge in [-0.15, -0.1) is 0 Å². The van der Waals surface area contributed by atoms with Crippen LogP contribution in [0.1, 0.15) is 48.9 Å². The van der Waals surface area contributed by atoms with Crippen molar-refractivity contribution in [3.05, 3.63) is 54.1 Å². The van der Waals surface area contributed by atoms with E-state index in [9.17, 15) is 4.79 Å². The molecule has 0 aliphatic rings. The first kappa shape index (κ1) is 12.6. The SMILES string of the molecule is CC(C)c1nccn1C(C)C(=O)c1ccccc1. The summed E-state index contributed by atoms with van der Waals surface area (Å²) in [5, 5.41) is 0. The van der Waals surface area contributed by atoms with E-state index in [1.54, 1.807) is 6.20 Å². The van der Waals surface area contributed by atoms with Crippen molar-refractivity contribution in [1.29, 1.82) is 0 Å². The van der Waals surface area contributed by atoms with Gasteiger partial charge in [-0.25, -0.2) is 4.98 Å². The topological polar surface area (TPSA) is 34.9 Å². The lowest BCUT2D eigenvalue weighted by Crippen LogP contribution is -2.18. The number of aromatic nitrogens is 2. The first-order valence-electron chi connectivity index (χ1n) is 6.23. The zero-order valence-corrected chi connectivity index (χ0v) is 11.0. The molecule has 3 heteroatoms. The highest BCUT2D eigenvalue weighted by Gasteiger charge is 2.20. The average Bonchev–Trinajstić information content (AvgIpc) is 2.87. The van der Waals surface area contributed by atoms with Crippen LogP contribution in [0, 0.1) is 0 Å². The molecule has 2 rings (SSSR count). The van der Waals surface area contributed by atoms with Gasteiger partial charge < -0.3 is 4.57 Å². The molecule has 0 spiro atoms. The normalized spacial score (nSPS) is 12.7. The molecular weight excluding hydrogens is 224 g/mol. The van der Waals surface area contributed by atoms with E-state index in [0.29, 0.717) is 5.92 Å². The van der Waals surface area contributed by atoms with Gasteiger partial charge in [0.15, 0.2) is 5.78 Å². The second kappa shape index (κ2) is 5.17. The average molecular weight is 242 g/mol. The van der Waals surface area contributed by atoms with Crippen molar-refractivity contribution in [2.75, 3.05) is 0 Å². The Hall–Kier alpha value is -1.90. The Balaban J connectivity index is 2.29. The van der Waals surface area contributed by atoms with Crippen LogP contribution in [-0.2, 0) is 0 Å². The fourth-order valence-corrected chi connectivity index (χ4v) is 2.07. The van der Waals surface area contributed by atoms with Crippen molar-refractivity contribution in [1.82, 2.24) is 9.55 Å². The smallest absolute Gasteiger partial charge is 0.185 e. The molecule has 1 aromatic carbocycles. The molecule has 3 nitrogen and oxygen atoms in total. The Morgan fingerprint density at radius 1 is 1.17 bits per heavy atom. The highest BCUT2D eigenvalue weighted by Crippen LogP contribution is 2.20. The molecule has 1 heterocycles. The first-order chi connectivity index (χ1) is 8.61. The predicted molar refractivity (Wildman–Crippen MR) is 71.8 cm³/mol. The van der Waals surface area contributed by atoms with Gasteiger partial charge >= 0.3 is 0 Å². The number of benzene rings is 1. The summed E-state index contributed by atoms with van der Waals surface area (Å²) in [7, 11) is 0. The molecule has 0 bridgehead atoms. The van der Waals surface area contributed by atoms with E-state index in [4.69, 9.17) is 0 Å². The number of Topliss-reactive ketones (excluding diaryl/α,β-unsaturated/α-hetero) is 1. The summed E-state index contributed by atoms with van der Waals surface area (Å²) >= 11 is 0. The van der Waals surface area contributed by atoms with Crippen LogP contribution in [-0.4, -0.2) is 15.3 Å². The van der Waals surface area contributed by atoms with E-state index in [2.05, 4.69) is 18.8 Å². The molecule has 0 fully saturated rings. The molecule has 0 aliphatic carbocycles. The third-order valence-corrected chi connectivity index (χ3v) is 3.07. The lowest BCUT2D eigenvalue weighted by molar-refractivity contribution is 0.0933. The second-order valence-corrected chi connectivity index (χ2v) is 4.75. The Morgan fingerprint density at radius 2 is 1.83 bits per heavy atom. The van der Waals surface area contributed by atoms with E-state index in [0.717, 1.165) is 11.4 Å². The van der Waals surface area contributed by atoms with Gasteiger partial charge in [-0.05, 0) is 6.92 Å². The minimum absolute atomic E-state index is 0.121. The fraction of sp³-hybridized carbons (Fsp3) is 0.333. The van der Waals surface area contributed by atoms with Crippen molar-refractivity contribution < 1.29 is 4.79 Å². The first-order valence-corrected chi connectivity index (χ1v) is 6.23. The van der Waals surface area contributed by atoms with Gasteiger partial charge in [-0.1, -0.05) is 44.2 Å². The van der Waals surface area contributed by atoms with Crippen molar-refractivity contribution in [3.8, 4) is 0 Å². The maximum atomic E-state index is 12.4. The van der Waals surface area contributed by atoms with E-state index < -0.39 is 0 Å². The number of carbonyl (C=O) groups is 1. The Bertz CT molecular complexity index is 528. The van der Waals surface area contributed by atoms with Gasteiger partial charge in [0.05, 0.1) is 6.04 Å². The number of imidazole rings is 1. The monoisotopic (exact) mass is 242 g/mol. The Morgan fingerprint density at radius 3 is 2.44 bits per heavy atom. The molecule has 0 amide bonds. The lowest BCUT2D eigenvalue weighted by Gasteiger charge is -2.17. The van der Waals surface area contributed by atoms with Gasteiger partial charge in [0, 0.05) is 23.9 Å². The third kappa shape index (κ3) is 2.35. The van der Waals surface area contributed by atoms with E-state index in [1.807, 2.05) is 48.0 Å².